The molecule has 0 aliphatic rings. The van der Waals surface area contributed by atoms with E-state index >= 15 is 0 Å². The van der Waals surface area contributed by atoms with Gasteiger partial charge in [-0.25, -0.2) is 4.79 Å². The number of ether oxygens (including phenoxy) is 1. The molecule has 0 saturated carbocycles. The Bertz CT molecular complexity index is 1040. The molecule has 0 heterocycles. The molecule has 0 saturated heterocycles. The van der Waals surface area contributed by atoms with Crippen LogP contribution in [0, 0.1) is 6.92 Å². The van der Waals surface area contributed by atoms with Gasteiger partial charge in [-0.2, -0.15) is 0 Å². The molecule has 3 aromatic carbocycles. The lowest BCUT2D eigenvalue weighted by atomic mass is 9.93. The fourth-order valence-corrected chi connectivity index (χ4v) is 3.51. The van der Waals surface area contributed by atoms with Crippen LogP contribution in [0.5, 0.6) is 0 Å². The highest BCUT2D eigenvalue weighted by atomic mass is 16.5. The Labute approximate surface area is 178 Å². The van der Waals surface area contributed by atoms with Crippen LogP contribution in [0.1, 0.15) is 30.0 Å². The standard InChI is InChI=1S/C27H28O3/c1-19(2)27(29)30-18-25-17-24(12-11-22(25)10-7-15-28)26-14-13-23(16-20(26)3)21-8-5-4-6-9-21/h4-6,8-9,11-14,16-17,28H,1,7,10,15,18H2,2-3H3. The maximum absolute atomic E-state index is 11.9. The van der Waals surface area contributed by atoms with E-state index in [4.69, 9.17) is 4.74 Å². The summed E-state index contributed by atoms with van der Waals surface area (Å²) in [5.41, 5.74) is 8.23. The smallest absolute Gasteiger partial charge is 0.333 e. The number of hydrogen-bond acceptors (Lipinski definition) is 3. The number of carbonyl (C=O) groups excluding carboxylic acids is 1. The van der Waals surface area contributed by atoms with Crippen molar-refractivity contribution in [3.05, 3.63) is 95.6 Å². The van der Waals surface area contributed by atoms with E-state index < -0.39 is 5.97 Å². The number of aliphatic hydroxyl groups is 1. The van der Waals surface area contributed by atoms with E-state index in [1.807, 2.05) is 18.2 Å². The second kappa shape index (κ2) is 10.0. The van der Waals surface area contributed by atoms with Crippen molar-refractivity contribution in [2.45, 2.75) is 33.3 Å². The van der Waals surface area contributed by atoms with Crippen LogP contribution in [0.15, 0.2) is 78.9 Å². The topological polar surface area (TPSA) is 46.5 Å². The average Bonchev–Trinajstić information content (AvgIpc) is 2.76. The number of aliphatic hydroxyl groups excluding tert-OH is 1. The van der Waals surface area contributed by atoms with Crippen LogP contribution < -0.4 is 0 Å². The van der Waals surface area contributed by atoms with E-state index in [2.05, 4.69) is 62.0 Å². The largest absolute Gasteiger partial charge is 0.457 e. The molecule has 0 bridgehead atoms. The molecule has 1 N–H and O–H groups in total. The third-order valence-corrected chi connectivity index (χ3v) is 5.16. The summed E-state index contributed by atoms with van der Waals surface area (Å²) in [6.07, 6.45) is 1.41. The number of benzene rings is 3. The fraction of sp³-hybridized carbons (Fsp3) is 0.222. The average molecular weight is 401 g/mol. The van der Waals surface area contributed by atoms with Crippen molar-refractivity contribution < 1.29 is 14.6 Å². The number of hydrogen-bond donors (Lipinski definition) is 1. The Kier molecular flexibility index (Phi) is 7.21. The van der Waals surface area contributed by atoms with Crippen molar-refractivity contribution in [1.29, 1.82) is 0 Å². The normalized spacial score (nSPS) is 10.6. The van der Waals surface area contributed by atoms with Gasteiger partial charge in [0, 0.05) is 12.2 Å². The van der Waals surface area contributed by atoms with Crippen LogP contribution in [0.25, 0.3) is 22.3 Å². The van der Waals surface area contributed by atoms with Crippen molar-refractivity contribution in [3.63, 3.8) is 0 Å². The minimum atomic E-state index is -0.392. The highest BCUT2D eigenvalue weighted by molar-refractivity contribution is 5.87. The van der Waals surface area contributed by atoms with E-state index in [-0.39, 0.29) is 13.2 Å². The number of esters is 1. The zero-order chi connectivity index (χ0) is 21.5. The Balaban J connectivity index is 1.92. The number of rotatable bonds is 8. The molecule has 0 aliphatic carbocycles. The van der Waals surface area contributed by atoms with Gasteiger partial charge in [0.2, 0.25) is 0 Å². The SMILES string of the molecule is C=C(C)C(=O)OCc1cc(-c2ccc(-c3ccccc3)cc2C)ccc1CCCO. The van der Waals surface area contributed by atoms with Crippen LogP contribution in [0.4, 0.5) is 0 Å². The van der Waals surface area contributed by atoms with Crippen molar-refractivity contribution in [2.75, 3.05) is 6.61 Å². The van der Waals surface area contributed by atoms with Crippen LogP contribution >= 0.6 is 0 Å². The first kappa shape index (κ1) is 21.5. The lowest BCUT2D eigenvalue weighted by molar-refractivity contribution is -0.140. The third kappa shape index (κ3) is 5.25. The van der Waals surface area contributed by atoms with Crippen molar-refractivity contribution in [3.8, 4) is 22.3 Å². The van der Waals surface area contributed by atoms with Gasteiger partial charge in [0.1, 0.15) is 6.61 Å². The summed E-state index contributed by atoms with van der Waals surface area (Å²) in [6.45, 7) is 7.72. The zero-order valence-corrected chi connectivity index (χ0v) is 17.7. The molecule has 0 spiro atoms. The Hall–Kier alpha value is -3.17. The summed E-state index contributed by atoms with van der Waals surface area (Å²) in [6, 6.07) is 23.1. The predicted octanol–water partition coefficient (Wildman–Crippen LogP) is 5.87. The number of aryl methyl sites for hydroxylation is 2. The summed E-state index contributed by atoms with van der Waals surface area (Å²) in [7, 11) is 0. The first-order valence-corrected chi connectivity index (χ1v) is 10.2. The van der Waals surface area contributed by atoms with E-state index in [1.165, 1.54) is 16.7 Å². The van der Waals surface area contributed by atoms with E-state index in [1.54, 1.807) is 6.92 Å². The van der Waals surface area contributed by atoms with Gasteiger partial charge in [-0.15, -0.1) is 0 Å². The second-order valence-electron chi connectivity index (χ2n) is 7.56. The Morgan fingerprint density at radius 1 is 0.933 bits per heavy atom. The fourth-order valence-electron chi connectivity index (χ4n) is 3.51. The molecule has 3 aromatic rings. The predicted molar refractivity (Wildman–Crippen MR) is 122 cm³/mol. The molecular weight excluding hydrogens is 372 g/mol. The van der Waals surface area contributed by atoms with Crippen LogP contribution in [-0.4, -0.2) is 17.7 Å². The molecule has 3 nitrogen and oxygen atoms in total. The number of carbonyl (C=O) groups is 1. The summed E-state index contributed by atoms with van der Waals surface area (Å²) < 4.78 is 5.41. The molecule has 0 atom stereocenters. The van der Waals surface area contributed by atoms with Crippen LogP contribution in [-0.2, 0) is 22.6 Å². The lowest BCUT2D eigenvalue weighted by Gasteiger charge is -2.14. The molecule has 0 amide bonds. The Morgan fingerprint density at radius 2 is 1.67 bits per heavy atom. The summed E-state index contributed by atoms with van der Waals surface area (Å²) in [5, 5.41) is 9.20. The summed E-state index contributed by atoms with van der Waals surface area (Å²) in [4.78, 5) is 11.9. The molecule has 0 unspecified atom stereocenters. The molecule has 154 valence electrons. The maximum Gasteiger partial charge on any atom is 0.333 e. The molecule has 30 heavy (non-hydrogen) atoms. The molecule has 3 heteroatoms. The molecule has 0 fully saturated rings. The maximum atomic E-state index is 11.9. The first-order chi connectivity index (χ1) is 14.5. The highest BCUT2D eigenvalue weighted by Gasteiger charge is 2.11. The molecular formula is C27H28O3. The van der Waals surface area contributed by atoms with Crippen molar-refractivity contribution in [1.82, 2.24) is 0 Å². The van der Waals surface area contributed by atoms with Crippen molar-refractivity contribution in [2.24, 2.45) is 0 Å². The third-order valence-electron chi connectivity index (χ3n) is 5.16. The van der Waals surface area contributed by atoms with Gasteiger partial charge in [0.05, 0.1) is 0 Å². The first-order valence-electron chi connectivity index (χ1n) is 10.2. The quantitative estimate of drug-likeness (QED) is 0.380. The zero-order valence-electron chi connectivity index (χ0n) is 17.7. The van der Waals surface area contributed by atoms with Gasteiger partial charge < -0.3 is 9.84 Å². The van der Waals surface area contributed by atoms with Gasteiger partial charge in [-0.05, 0) is 71.7 Å². The van der Waals surface area contributed by atoms with Crippen molar-refractivity contribution >= 4 is 5.97 Å². The summed E-state index contributed by atoms with van der Waals surface area (Å²) >= 11 is 0. The molecule has 3 rings (SSSR count). The minimum absolute atomic E-state index is 0.132. The minimum Gasteiger partial charge on any atom is -0.457 e. The molecule has 0 aromatic heterocycles. The van der Waals surface area contributed by atoms with E-state index in [9.17, 15) is 9.90 Å². The van der Waals surface area contributed by atoms with Gasteiger partial charge in [-0.1, -0.05) is 67.2 Å². The van der Waals surface area contributed by atoms with E-state index in [0.29, 0.717) is 12.0 Å². The molecule has 0 radical (unpaired) electrons. The van der Waals surface area contributed by atoms with Crippen LogP contribution in [0.3, 0.4) is 0 Å². The van der Waals surface area contributed by atoms with Gasteiger partial charge in [0.15, 0.2) is 0 Å². The second-order valence-corrected chi connectivity index (χ2v) is 7.56. The highest BCUT2D eigenvalue weighted by Crippen LogP contribution is 2.30. The van der Waals surface area contributed by atoms with E-state index in [0.717, 1.165) is 28.7 Å². The van der Waals surface area contributed by atoms with Crippen LogP contribution in [0.2, 0.25) is 0 Å². The lowest BCUT2D eigenvalue weighted by Crippen LogP contribution is -2.07. The van der Waals surface area contributed by atoms with Gasteiger partial charge >= 0.3 is 5.97 Å². The Morgan fingerprint density at radius 3 is 2.33 bits per heavy atom. The monoisotopic (exact) mass is 400 g/mol. The molecule has 0 aliphatic heterocycles. The summed E-state index contributed by atoms with van der Waals surface area (Å²) in [5.74, 6) is -0.392. The van der Waals surface area contributed by atoms with Gasteiger partial charge in [-0.3, -0.25) is 0 Å². The van der Waals surface area contributed by atoms with Gasteiger partial charge in [0.25, 0.3) is 0 Å².